The third kappa shape index (κ3) is 0.760. The van der Waals surface area contributed by atoms with Crippen molar-refractivity contribution < 1.29 is 9.76 Å². The first-order valence-corrected chi connectivity index (χ1v) is 1.82. The first-order valence-electron chi connectivity index (χ1n) is 1.82. The molecule has 0 bridgehead atoms. The summed E-state index contributed by atoms with van der Waals surface area (Å²) in [4.78, 5) is 13.3. The van der Waals surface area contributed by atoms with Gasteiger partial charge in [0.1, 0.15) is 11.5 Å². The molecule has 0 amide bonds. The van der Waals surface area contributed by atoms with E-state index in [9.17, 15) is 10.1 Å². The summed E-state index contributed by atoms with van der Waals surface area (Å²) in [6.07, 6.45) is 1.11. The molecule has 5 nitrogen and oxygen atoms in total. The first kappa shape index (κ1) is 5.04. The predicted octanol–water partition coefficient (Wildman–Crippen LogP) is -0.322. The Labute approximate surface area is 45.0 Å². The maximum atomic E-state index is 9.73. The maximum absolute atomic E-state index is 9.73. The SMILES string of the molecule is O=[N+]([O-])C1=C[C]NO1. The first-order chi connectivity index (χ1) is 3.80. The van der Waals surface area contributed by atoms with E-state index in [2.05, 4.69) is 16.9 Å². The van der Waals surface area contributed by atoms with Crippen LogP contribution in [0.2, 0.25) is 0 Å². The Kier molecular flexibility index (Phi) is 1.13. The third-order valence-corrected chi connectivity index (χ3v) is 0.590. The lowest BCUT2D eigenvalue weighted by atomic mass is 10.6. The summed E-state index contributed by atoms with van der Waals surface area (Å²) in [5.41, 5.74) is 2.07. The molecule has 0 atom stereocenters. The molecule has 1 heterocycles. The molecule has 1 N–H and O–H groups in total. The molecule has 0 saturated carbocycles. The third-order valence-electron chi connectivity index (χ3n) is 0.590. The number of hydrogen-bond acceptors (Lipinski definition) is 4. The van der Waals surface area contributed by atoms with Crippen molar-refractivity contribution in [3.63, 3.8) is 0 Å². The molecule has 1 aliphatic rings. The second-order valence-corrected chi connectivity index (χ2v) is 1.09. The van der Waals surface area contributed by atoms with Crippen LogP contribution in [-0.2, 0) is 4.84 Å². The van der Waals surface area contributed by atoms with E-state index >= 15 is 0 Å². The quantitative estimate of drug-likeness (QED) is 0.374. The number of hydrogen-bond donors (Lipinski definition) is 1. The molecule has 0 spiro atoms. The van der Waals surface area contributed by atoms with Gasteiger partial charge in [-0.1, -0.05) is 0 Å². The highest BCUT2D eigenvalue weighted by Gasteiger charge is 2.16. The summed E-state index contributed by atoms with van der Waals surface area (Å²) in [6, 6.07) is 0. The van der Waals surface area contributed by atoms with Gasteiger partial charge in [-0.3, -0.25) is 10.1 Å². The molecular formula is C3H2N2O3. The van der Waals surface area contributed by atoms with Gasteiger partial charge in [0, 0.05) is 0 Å². The second-order valence-electron chi connectivity index (χ2n) is 1.09. The highest BCUT2D eigenvalue weighted by Crippen LogP contribution is 2.02. The highest BCUT2D eigenvalue weighted by atomic mass is 16.7. The number of nitrogens with one attached hydrogen (secondary N) is 1. The molecule has 5 heteroatoms. The number of hydroxylamine groups is 1. The Morgan fingerprint density at radius 2 is 2.75 bits per heavy atom. The number of nitrogens with zero attached hydrogens (tertiary/aromatic N) is 1. The Hall–Kier alpha value is -1.10. The lowest BCUT2D eigenvalue weighted by Gasteiger charge is -1.88. The smallest absolute Gasteiger partial charge is 0.344 e. The molecule has 0 saturated heterocycles. The van der Waals surface area contributed by atoms with Crippen LogP contribution in [0.1, 0.15) is 0 Å². The zero-order valence-electron chi connectivity index (χ0n) is 3.75. The van der Waals surface area contributed by atoms with Gasteiger partial charge in [-0.2, -0.15) is 0 Å². The van der Waals surface area contributed by atoms with Crippen LogP contribution in [-0.4, -0.2) is 4.92 Å². The normalized spacial score (nSPS) is 17.2. The zero-order chi connectivity index (χ0) is 5.98. The van der Waals surface area contributed by atoms with Gasteiger partial charge >= 0.3 is 5.88 Å². The minimum absolute atomic E-state index is 0.329. The molecule has 0 fully saturated rings. The zero-order valence-corrected chi connectivity index (χ0v) is 3.75. The van der Waals surface area contributed by atoms with Crippen molar-refractivity contribution in [2.45, 2.75) is 0 Å². The summed E-state index contributed by atoms with van der Waals surface area (Å²) in [5.74, 6) is -0.329. The number of nitro groups is 1. The highest BCUT2D eigenvalue weighted by molar-refractivity contribution is 4.96. The van der Waals surface area contributed by atoms with Crippen LogP contribution >= 0.6 is 0 Å². The fourth-order valence-corrected chi connectivity index (χ4v) is 0.292. The summed E-state index contributed by atoms with van der Waals surface area (Å²) < 4.78 is 0. The van der Waals surface area contributed by atoms with E-state index in [1.54, 1.807) is 0 Å². The molecule has 8 heavy (non-hydrogen) atoms. The van der Waals surface area contributed by atoms with Crippen molar-refractivity contribution in [3.8, 4) is 0 Å². The van der Waals surface area contributed by atoms with Crippen LogP contribution in [0.5, 0.6) is 0 Å². The van der Waals surface area contributed by atoms with Crippen LogP contribution in [0.4, 0.5) is 0 Å². The van der Waals surface area contributed by atoms with Crippen molar-refractivity contribution in [2.24, 2.45) is 0 Å². The summed E-state index contributed by atoms with van der Waals surface area (Å²) in [6.45, 7) is 2.28. The predicted molar refractivity (Wildman–Crippen MR) is 22.5 cm³/mol. The van der Waals surface area contributed by atoms with Crippen molar-refractivity contribution >= 4 is 0 Å². The van der Waals surface area contributed by atoms with Gasteiger partial charge < -0.3 is 4.84 Å². The summed E-state index contributed by atoms with van der Waals surface area (Å²) in [7, 11) is 0. The van der Waals surface area contributed by atoms with Crippen molar-refractivity contribution in [1.29, 1.82) is 0 Å². The monoisotopic (exact) mass is 114 g/mol. The molecule has 1 rings (SSSR count). The summed E-state index contributed by atoms with van der Waals surface area (Å²) in [5, 5.41) is 9.73. The minimum Gasteiger partial charge on any atom is -0.344 e. The fraction of sp³-hybridized carbons (Fsp3) is 0. The average Bonchev–Trinajstić information content (AvgIpc) is 2.12. The molecule has 1 aliphatic heterocycles. The van der Waals surface area contributed by atoms with Crippen molar-refractivity contribution in [2.75, 3.05) is 0 Å². The topological polar surface area (TPSA) is 64.4 Å². The van der Waals surface area contributed by atoms with Gasteiger partial charge in [-0.15, -0.1) is 5.48 Å². The van der Waals surface area contributed by atoms with Gasteiger partial charge in [0.25, 0.3) is 0 Å². The Balaban J connectivity index is 2.57. The molecule has 0 unspecified atom stereocenters. The molecule has 0 aliphatic carbocycles. The van der Waals surface area contributed by atoms with Gasteiger partial charge in [0.15, 0.2) is 0 Å². The van der Waals surface area contributed by atoms with E-state index in [-0.39, 0.29) is 5.88 Å². The van der Waals surface area contributed by atoms with E-state index in [0.29, 0.717) is 0 Å². The molecule has 2 radical (unpaired) electrons. The lowest BCUT2D eigenvalue weighted by Crippen LogP contribution is -2.05. The van der Waals surface area contributed by atoms with Gasteiger partial charge in [-0.05, 0) is 0 Å². The minimum atomic E-state index is -0.646. The lowest BCUT2D eigenvalue weighted by molar-refractivity contribution is -0.465. The van der Waals surface area contributed by atoms with Gasteiger partial charge in [-0.25, -0.2) is 0 Å². The summed E-state index contributed by atoms with van der Waals surface area (Å²) >= 11 is 0. The Morgan fingerprint density at radius 3 is 3.00 bits per heavy atom. The van der Waals surface area contributed by atoms with E-state index in [1.807, 2.05) is 0 Å². The van der Waals surface area contributed by atoms with Gasteiger partial charge in [0.2, 0.25) is 0 Å². The number of rotatable bonds is 1. The fourth-order valence-electron chi connectivity index (χ4n) is 0.292. The van der Waals surface area contributed by atoms with Crippen LogP contribution in [0.3, 0.4) is 0 Å². The maximum Gasteiger partial charge on any atom is 0.444 e. The molecule has 42 valence electrons. The molecule has 0 aromatic rings. The largest absolute Gasteiger partial charge is 0.444 e. The van der Waals surface area contributed by atoms with Crippen LogP contribution in [0, 0.1) is 16.7 Å². The van der Waals surface area contributed by atoms with E-state index < -0.39 is 4.92 Å². The van der Waals surface area contributed by atoms with Crippen molar-refractivity contribution in [3.05, 3.63) is 28.6 Å². The van der Waals surface area contributed by atoms with E-state index in [0.717, 1.165) is 6.08 Å². The molecule has 0 aromatic heterocycles. The molecular weight excluding hydrogens is 112 g/mol. The Morgan fingerprint density at radius 1 is 2.00 bits per heavy atom. The van der Waals surface area contributed by atoms with Crippen LogP contribution < -0.4 is 5.48 Å². The van der Waals surface area contributed by atoms with Crippen molar-refractivity contribution in [1.82, 2.24) is 5.48 Å². The van der Waals surface area contributed by atoms with Crippen LogP contribution in [0.25, 0.3) is 0 Å². The average molecular weight is 114 g/mol. The second kappa shape index (κ2) is 1.79. The van der Waals surface area contributed by atoms with Gasteiger partial charge in [0.05, 0.1) is 6.08 Å². The Bertz CT molecular complexity index is 141. The van der Waals surface area contributed by atoms with E-state index in [1.165, 1.54) is 0 Å². The molecule has 0 aromatic carbocycles. The van der Waals surface area contributed by atoms with E-state index in [4.69, 9.17) is 0 Å². The van der Waals surface area contributed by atoms with Crippen LogP contribution in [0.15, 0.2) is 12.0 Å². The standard InChI is InChI=1S/C3H2N2O3/c6-5(7)3-1-2-4-8-3/h1,4H.